The lowest BCUT2D eigenvalue weighted by Gasteiger charge is -2.08. The number of hydrogen-bond donors (Lipinski definition) is 1. The average molecular weight is 627 g/mol. The van der Waals surface area contributed by atoms with E-state index >= 15 is 0 Å². The third kappa shape index (κ3) is 7.04. The summed E-state index contributed by atoms with van der Waals surface area (Å²) in [5, 5.41) is 0. The van der Waals surface area contributed by atoms with Crippen LogP contribution in [0.15, 0.2) is 129 Å². The first-order chi connectivity index (χ1) is 21.0. The Hall–Kier alpha value is -4.80. The molecule has 0 unspecified atom stereocenters. The fourth-order valence-electron chi connectivity index (χ4n) is 4.86. The second-order valence-electron chi connectivity index (χ2n) is 10.1. The molecule has 5 aromatic rings. The van der Waals surface area contributed by atoms with Crippen molar-refractivity contribution in [1.82, 2.24) is 4.98 Å². The van der Waals surface area contributed by atoms with Crippen molar-refractivity contribution in [2.75, 3.05) is 11.0 Å². The van der Waals surface area contributed by atoms with E-state index in [0.29, 0.717) is 29.3 Å². The van der Waals surface area contributed by atoms with Gasteiger partial charge in [0, 0.05) is 30.7 Å². The van der Waals surface area contributed by atoms with Gasteiger partial charge in [0.25, 0.3) is 10.0 Å². The Kier molecular flexibility index (Phi) is 8.93. The van der Waals surface area contributed by atoms with E-state index in [1.54, 1.807) is 49.4 Å². The second kappa shape index (κ2) is 12.8. The molecule has 1 heterocycles. The lowest BCUT2D eigenvalue weighted by atomic mass is 9.97. The van der Waals surface area contributed by atoms with Crippen molar-refractivity contribution in [2.24, 2.45) is 0 Å². The van der Waals surface area contributed by atoms with Crippen LogP contribution in [0.5, 0.6) is 0 Å². The van der Waals surface area contributed by atoms with E-state index in [1.165, 1.54) is 18.4 Å². The molecule has 10 heteroatoms. The molecule has 1 aliphatic carbocycles. The number of anilines is 1. The standard InChI is InChI=1S/C18H16O3S.C16H14N2O3S/c1-22(20,21)15-9-7-13(8-10-15)16-11-12-17(19)18(16)14-5-3-2-4-6-14;1-12-17-15(13-8-4-2-5-9-13)16(21-12)18-22(19,20)14-10-6-3-7-11-14/h2-10H,11-12H2,1H3;2-11,18H,1H3. The summed E-state index contributed by atoms with van der Waals surface area (Å²) < 4.78 is 55.8. The number of carbonyl (C=O) groups excluding carboxylic acids is 1. The summed E-state index contributed by atoms with van der Waals surface area (Å²) in [6.07, 6.45) is 2.39. The van der Waals surface area contributed by atoms with Crippen LogP contribution in [0.1, 0.15) is 29.9 Å². The molecule has 0 spiro atoms. The molecule has 8 nitrogen and oxygen atoms in total. The van der Waals surface area contributed by atoms with Gasteiger partial charge in [-0.05, 0) is 47.4 Å². The number of sulfone groups is 1. The second-order valence-corrected chi connectivity index (χ2v) is 13.8. The number of ketones is 1. The summed E-state index contributed by atoms with van der Waals surface area (Å²) in [7, 11) is -6.92. The Bertz CT molecular complexity index is 2020. The summed E-state index contributed by atoms with van der Waals surface area (Å²) in [5.41, 5.74) is 4.84. The third-order valence-corrected chi connectivity index (χ3v) is 9.41. The molecule has 44 heavy (non-hydrogen) atoms. The van der Waals surface area contributed by atoms with Crippen LogP contribution in [0, 0.1) is 6.92 Å². The van der Waals surface area contributed by atoms with Gasteiger partial charge in [-0.1, -0.05) is 91.0 Å². The molecule has 0 saturated carbocycles. The molecule has 0 amide bonds. The van der Waals surface area contributed by atoms with Crippen LogP contribution >= 0.6 is 0 Å². The number of sulfonamides is 1. The number of aryl methyl sites for hydroxylation is 1. The summed E-state index contributed by atoms with van der Waals surface area (Å²) in [6, 6.07) is 33.8. The first-order valence-electron chi connectivity index (χ1n) is 13.8. The zero-order chi connectivity index (χ0) is 31.3. The molecule has 224 valence electrons. The van der Waals surface area contributed by atoms with Gasteiger partial charge in [0.2, 0.25) is 5.88 Å². The highest BCUT2D eigenvalue weighted by molar-refractivity contribution is 7.92. The van der Waals surface area contributed by atoms with Crippen molar-refractivity contribution < 1.29 is 26.0 Å². The number of rotatable bonds is 7. The molecule has 0 aliphatic heterocycles. The van der Waals surface area contributed by atoms with Crippen molar-refractivity contribution >= 4 is 42.7 Å². The predicted molar refractivity (Wildman–Crippen MR) is 171 cm³/mol. The van der Waals surface area contributed by atoms with E-state index in [-0.39, 0.29) is 16.6 Å². The van der Waals surface area contributed by atoms with Gasteiger partial charge in [0.15, 0.2) is 21.5 Å². The number of oxazole rings is 1. The zero-order valence-corrected chi connectivity index (χ0v) is 25.7. The fourth-order valence-corrected chi connectivity index (χ4v) is 6.50. The van der Waals surface area contributed by atoms with Crippen LogP contribution in [-0.4, -0.2) is 33.9 Å². The van der Waals surface area contributed by atoms with E-state index < -0.39 is 19.9 Å². The molecule has 0 fully saturated rings. The summed E-state index contributed by atoms with van der Waals surface area (Å²) in [5.74, 6) is 0.658. The Morgan fingerprint density at radius 3 is 1.77 bits per heavy atom. The number of benzene rings is 4. The van der Waals surface area contributed by atoms with Gasteiger partial charge in [-0.15, -0.1) is 0 Å². The highest BCUT2D eigenvalue weighted by Gasteiger charge is 2.25. The summed E-state index contributed by atoms with van der Waals surface area (Å²) in [6.45, 7) is 1.67. The number of carbonyl (C=O) groups is 1. The van der Waals surface area contributed by atoms with Crippen LogP contribution in [0.25, 0.3) is 22.4 Å². The molecule has 6 rings (SSSR count). The van der Waals surface area contributed by atoms with Crippen molar-refractivity contribution in [1.29, 1.82) is 0 Å². The quantitative estimate of drug-likeness (QED) is 0.210. The van der Waals surface area contributed by atoms with E-state index in [4.69, 9.17) is 4.42 Å². The number of hydrogen-bond acceptors (Lipinski definition) is 7. The summed E-state index contributed by atoms with van der Waals surface area (Å²) in [4.78, 5) is 17.0. The first kappa shape index (κ1) is 30.7. The number of nitrogens with one attached hydrogen (secondary N) is 1. The van der Waals surface area contributed by atoms with Crippen LogP contribution in [0.3, 0.4) is 0 Å². The molecule has 0 bridgehead atoms. The van der Waals surface area contributed by atoms with Gasteiger partial charge in [0.1, 0.15) is 5.69 Å². The van der Waals surface area contributed by atoms with E-state index in [2.05, 4.69) is 9.71 Å². The minimum Gasteiger partial charge on any atom is -0.424 e. The predicted octanol–water partition coefficient (Wildman–Crippen LogP) is 6.81. The number of Topliss-reactive ketones (excluding diaryl/α,β-unsaturated/α-hetero) is 1. The topological polar surface area (TPSA) is 123 Å². The maximum absolute atomic E-state index is 12.4. The first-order valence-corrected chi connectivity index (χ1v) is 17.1. The Morgan fingerprint density at radius 2 is 1.20 bits per heavy atom. The van der Waals surface area contributed by atoms with Crippen molar-refractivity contribution in [3.63, 3.8) is 0 Å². The Balaban J connectivity index is 0.000000175. The number of allylic oxidation sites excluding steroid dienone is 2. The highest BCUT2D eigenvalue weighted by Crippen LogP contribution is 2.37. The minimum absolute atomic E-state index is 0.118. The van der Waals surface area contributed by atoms with Crippen molar-refractivity contribution in [3.8, 4) is 11.3 Å². The fraction of sp³-hybridized carbons (Fsp3) is 0.118. The van der Waals surface area contributed by atoms with Gasteiger partial charge in [-0.25, -0.2) is 26.5 Å². The highest BCUT2D eigenvalue weighted by atomic mass is 32.2. The lowest BCUT2D eigenvalue weighted by molar-refractivity contribution is -0.113. The van der Waals surface area contributed by atoms with Gasteiger partial charge in [-0.3, -0.25) is 4.79 Å². The maximum atomic E-state index is 12.4. The van der Waals surface area contributed by atoms with E-state index in [9.17, 15) is 21.6 Å². The molecule has 0 atom stereocenters. The SMILES string of the molecule is CS(=O)(=O)c1ccc(C2=C(c3ccccc3)C(=O)CC2)cc1.Cc1nc(-c2ccccc2)c(NS(=O)(=O)c2ccccc2)o1. The van der Waals surface area contributed by atoms with Crippen LogP contribution in [-0.2, 0) is 24.7 Å². The molecular weight excluding hydrogens is 597 g/mol. The van der Waals surface area contributed by atoms with Crippen molar-refractivity contribution in [3.05, 3.63) is 132 Å². The zero-order valence-electron chi connectivity index (χ0n) is 24.1. The largest absolute Gasteiger partial charge is 0.424 e. The van der Waals surface area contributed by atoms with Crippen LogP contribution in [0.4, 0.5) is 5.88 Å². The molecule has 0 saturated heterocycles. The molecule has 1 aliphatic rings. The van der Waals surface area contributed by atoms with Gasteiger partial charge >= 0.3 is 0 Å². The molecule has 4 aromatic carbocycles. The molecular formula is C34H30N2O6S2. The Morgan fingerprint density at radius 1 is 0.659 bits per heavy atom. The van der Waals surface area contributed by atoms with Gasteiger partial charge < -0.3 is 4.42 Å². The number of aromatic nitrogens is 1. The van der Waals surface area contributed by atoms with E-state index in [0.717, 1.165) is 27.8 Å². The number of nitrogens with zero attached hydrogens (tertiary/aromatic N) is 1. The van der Waals surface area contributed by atoms with E-state index in [1.807, 2.05) is 60.7 Å². The van der Waals surface area contributed by atoms with Gasteiger partial charge in [-0.2, -0.15) is 0 Å². The van der Waals surface area contributed by atoms with Gasteiger partial charge in [0.05, 0.1) is 9.79 Å². The van der Waals surface area contributed by atoms with Crippen molar-refractivity contribution in [2.45, 2.75) is 29.6 Å². The molecule has 1 N–H and O–H groups in total. The van der Waals surface area contributed by atoms with Crippen LogP contribution in [0.2, 0.25) is 0 Å². The molecule has 1 aromatic heterocycles. The summed E-state index contributed by atoms with van der Waals surface area (Å²) >= 11 is 0. The minimum atomic E-state index is -3.71. The maximum Gasteiger partial charge on any atom is 0.264 e. The monoisotopic (exact) mass is 626 g/mol. The average Bonchev–Trinajstić information content (AvgIpc) is 3.59. The van der Waals surface area contributed by atoms with Crippen LogP contribution < -0.4 is 4.72 Å². The smallest absolute Gasteiger partial charge is 0.264 e. The molecule has 0 radical (unpaired) electrons. The third-order valence-electron chi connectivity index (χ3n) is 6.94. The lowest BCUT2D eigenvalue weighted by Crippen LogP contribution is -2.12. The normalized spacial score (nSPS) is 13.4. The Labute approximate surface area is 257 Å².